The van der Waals surface area contributed by atoms with E-state index in [4.69, 9.17) is 4.74 Å². The molecule has 4 nitrogen and oxygen atoms in total. The minimum Gasteiger partial charge on any atom is -0.457 e. The maximum absolute atomic E-state index is 11.1. The summed E-state index contributed by atoms with van der Waals surface area (Å²) in [5.41, 5.74) is 3.94. The van der Waals surface area contributed by atoms with E-state index >= 15 is 0 Å². The highest BCUT2D eigenvalue weighted by atomic mass is 16.5. The smallest absolute Gasteiger partial charge is 0.264 e. The van der Waals surface area contributed by atoms with Crippen molar-refractivity contribution in [2.24, 2.45) is 0 Å². The van der Waals surface area contributed by atoms with E-state index in [-0.39, 0.29) is 5.56 Å². The molecular formula is C19H18N2O2. The number of nitrogens with zero attached hydrogens (tertiary/aromatic N) is 1. The van der Waals surface area contributed by atoms with E-state index in [0.717, 1.165) is 33.9 Å². The molecule has 1 N–H and O–H groups in total. The fourth-order valence-corrected chi connectivity index (χ4v) is 2.35. The van der Waals surface area contributed by atoms with Crippen molar-refractivity contribution >= 4 is 0 Å². The van der Waals surface area contributed by atoms with Gasteiger partial charge in [-0.25, -0.2) is 5.10 Å². The first-order chi connectivity index (χ1) is 11.1. The largest absolute Gasteiger partial charge is 0.457 e. The Hall–Kier alpha value is -2.88. The zero-order chi connectivity index (χ0) is 16.2. The Kier molecular flexibility index (Phi) is 4.24. The summed E-state index contributed by atoms with van der Waals surface area (Å²) in [6.07, 6.45) is 0.640. The third-order valence-electron chi connectivity index (χ3n) is 3.59. The van der Waals surface area contributed by atoms with Crippen molar-refractivity contribution in [2.75, 3.05) is 0 Å². The number of benzene rings is 2. The van der Waals surface area contributed by atoms with Crippen molar-refractivity contribution in [3.05, 3.63) is 87.3 Å². The van der Waals surface area contributed by atoms with Gasteiger partial charge in [-0.1, -0.05) is 24.3 Å². The average molecular weight is 306 g/mol. The Morgan fingerprint density at radius 3 is 2.65 bits per heavy atom. The molecule has 0 amide bonds. The molecule has 1 heterocycles. The second kappa shape index (κ2) is 6.48. The Labute approximate surface area is 134 Å². The fourth-order valence-electron chi connectivity index (χ4n) is 2.35. The molecule has 0 saturated carbocycles. The standard InChI is InChI=1S/C19H18N2O2/c1-13-4-3-5-17(10-13)23-18-12-15(7-6-14(18)2)11-16-8-9-19(22)21-20-16/h3-10,12H,11H2,1-2H3,(H,21,22). The van der Waals surface area contributed by atoms with Gasteiger partial charge >= 0.3 is 0 Å². The van der Waals surface area contributed by atoms with E-state index in [9.17, 15) is 4.79 Å². The molecule has 0 bridgehead atoms. The van der Waals surface area contributed by atoms with Crippen molar-refractivity contribution in [1.29, 1.82) is 0 Å². The zero-order valence-electron chi connectivity index (χ0n) is 13.2. The number of nitrogens with one attached hydrogen (secondary N) is 1. The lowest BCUT2D eigenvalue weighted by molar-refractivity contribution is 0.478. The third-order valence-corrected chi connectivity index (χ3v) is 3.59. The second-order valence-corrected chi connectivity index (χ2v) is 5.61. The molecule has 0 aliphatic carbocycles. The molecule has 116 valence electrons. The van der Waals surface area contributed by atoms with E-state index < -0.39 is 0 Å². The first kappa shape index (κ1) is 15.0. The van der Waals surface area contributed by atoms with Crippen LogP contribution >= 0.6 is 0 Å². The van der Waals surface area contributed by atoms with Crippen LogP contribution in [0.15, 0.2) is 59.4 Å². The lowest BCUT2D eigenvalue weighted by atomic mass is 10.1. The van der Waals surface area contributed by atoms with Crippen molar-refractivity contribution in [3.8, 4) is 11.5 Å². The fraction of sp³-hybridized carbons (Fsp3) is 0.158. The van der Waals surface area contributed by atoms with Gasteiger partial charge in [0.05, 0.1) is 5.69 Å². The van der Waals surface area contributed by atoms with Crippen LogP contribution in [0.2, 0.25) is 0 Å². The first-order valence-corrected chi connectivity index (χ1v) is 7.49. The molecule has 0 atom stereocenters. The number of rotatable bonds is 4. The number of hydrogen-bond donors (Lipinski definition) is 1. The summed E-state index contributed by atoms with van der Waals surface area (Å²) in [7, 11) is 0. The van der Waals surface area contributed by atoms with Gasteiger partial charge in [0.2, 0.25) is 0 Å². The number of aromatic amines is 1. The maximum atomic E-state index is 11.1. The molecule has 0 aliphatic rings. The molecule has 0 fully saturated rings. The van der Waals surface area contributed by atoms with Crippen LogP contribution in [0.5, 0.6) is 11.5 Å². The quantitative estimate of drug-likeness (QED) is 0.798. The molecule has 2 aromatic carbocycles. The highest BCUT2D eigenvalue weighted by Gasteiger charge is 2.05. The highest BCUT2D eigenvalue weighted by molar-refractivity contribution is 5.41. The third kappa shape index (κ3) is 3.86. The molecule has 0 unspecified atom stereocenters. The van der Waals surface area contributed by atoms with Gasteiger partial charge in [-0.15, -0.1) is 0 Å². The predicted octanol–water partition coefficient (Wildman–Crippen LogP) is 3.77. The van der Waals surface area contributed by atoms with Gasteiger partial charge in [0.1, 0.15) is 11.5 Å². The highest BCUT2D eigenvalue weighted by Crippen LogP contribution is 2.27. The van der Waals surface area contributed by atoms with Crippen LogP contribution in [0.25, 0.3) is 0 Å². The first-order valence-electron chi connectivity index (χ1n) is 7.49. The van der Waals surface area contributed by atoms with Gasteiger partial charge in [0.15, 0.2) is 0 Å². The molecule has 0 saturated heterocycles. The summed E-state index contributed by atoms with van der Waals surface area (Å²) in [6.45, 7) is 4.06. The van der Waals surface area contributed by atoms with Crippen molar-refractivity contribution in [3.63, 3.8) is 0 Å². The molecule has 1 aromatic heterocycles. The summed E-state index contributed by atoms with van der Waals surface area (Å²) in [5, 5.41) is 6.50. The summed E-state index contributed by atoms with van der Waals surface area (Å²) in [4.78, 5) is 11.1. The van der Waals surface area contributed by atoms with Crippen LogP contribution in [0, 0.1) is 13.8 Å². The minimum atomic E-state index is -0.193. The lowest BCUT2D eigenvalue weighted by Gasteiger charge is -2.11. The Bertz CT molecular complexity index is 864. The molecular weight excluding hydrogens is 288 g/mol. The van der Waals surface area contributed by atoms with Crippen LogP contribution in [0.1, 0.15) is 22.4 Å². The van der Waals surface area contributed by atoms with E-state index in [2.05, 4.69) is 10.2 Å². The van der Waals surface area contributed by atoms with Crippen LogP contribution in [0.3, 0.4) is 0 Å². The van der Waals surface area contributed by atoms with Crippen LogP contribution < -0.4 is 10.3 Å². The Morgan fingerprint density at radius 2 is 1.91 bits per heavy atom. The molecule has 23 heavy (non-hydrogen) atoms. The van der Waals surface area contributed by atoms with E-state index in [1.807, 2.05) is 56.3 Å². The SMILES string of the molecule is Cc1cccc(Oc2cc(Cc3ccc(=O)[nH]n3)ccc2C)c1. The van der Waals surface area contributed by atoms with E-state index in [1.54, 1.807) is 6.07 Å². The number of H-pyrrole nitrogens is 1. The summed E-state index contributed by atoms with van der Waals surface area (Å²) >= 11 is 0. The average Bonchev–Trinajstić information content (AvgIpc) is 2.53. The van der Waals surface area contributed by atoms with Crippen LogP contribution in [0.4, 0.5) is 0 Å². The van der Waals surface area contributed by atoms with Gasteiger partial charge in [0.25, 0.3) is 5.56 Å². The molecule has 0 radical (unpaired) electrons. The number of aromatic nitrogens is 2. The van der Waals surface area contributed by atoms with Crippen LogP contribution in [-0.4, -0.2) is 10.2 Å². The van der Waals surface area contributed by atoms with Crippen molar-refractivity contribution in [1.82, 2.24) is 10.2 Å². The predicted molar refractivity (Wildman–Crippen MR) is 90.1 cm³/mol. The lowest BCUT2D eigenvalue weighted by Crippen LogP contribution is -2.07. The molecule has 3 rings (SSSR count). The van der Waals surface area contributed by atoms with Gasteiger partial charge in [0, 0.05) is 12.5 Å². The van der Waals surface area contributed by atoms with Gasteiger partial charge < -0.3 is 4.74 Å². The minimum absolute atomic E-state index is 0.193. The molecule has 4 heteroatoms. The van der Waals surface area contributed by atoms with Gasteiger partial charge in [-0.05, 0) is 54.8 Å². The maximum Gasteiger partial charge on any atom is 0.264 e. The number of ether oxygens (including phenoxy) is 1. The molecule has 0 spiro atoms. The molecule has 0 aliphatic heterocycles. The van der Waals surface area contributed by atoms with Crippen molar-refractivity contribution in [2.45, 2.75) is 20.3 Å². The van der Waals surface area contributed by atoms with Crippen molar-refractivity contribution < 1.29 is 4.74 Å². The Morgan fingerprint density at radius 1 is 1.04 bits per heavy atom. The summed E-state index contributed by atoms with van der Waals surface area (Å²) < 4.78 is 6.01. The number of aryl methyl sites for hydroxylation is 2. The Balaban J connectivity index is 1.84. The topological polar surface area (TPSA) is 55.0 Å². The van der Waals surface area contributed by atoms with Crippen LogP contribution in [-0.2, 0) is 6.42 Å². The summed E-state index contributed by atoms with van der Waals surface area (Å²) in [5.74, 6) is 1.66. The monoisotopic (exact) mass is 306 g/mol. The van der Waals surface area contributed by atoms with Gasteiger partial charge in [-0.3, -0.25) is 4.79 Å². The molecule has 3 aromatic rings. The normalized spacial score (nSPS) is 10.5. The number of hydrogen-bond acceptors (Lipinski definition) is 3. The second-order valence-electron chi connectivity index (χ2n) is 5.61. The van der Waals surface area contributed by atoms with E-state index in [1.165, 1.54) is 6.07 Å². The van der Waals surface area contributed by atoms with Gasteiger partial charge in [-0.2, -0.15) is 5.10 Å². The summed E-state index contributed by atoms with van der Waals surface area (Å²) in [6, 6.07) is 17.3. The zero-order valence-corrected chi connectivity index (χ0v) is 13.2. The van der Waals surface area contributed by atoms with E-state index in [0.29, 0.717) is 6.42 Å².